The molecule has 0 amide bonds. The molecule has 0 N–H and O–H groups in total. The van der Waals surface area contributed by atoms with Crippen molar-refractivity contribution in [3.05, 3.63) is 12.7 Å². The Kier molecular flexibility index (Phi) is 19.1. The summed E-state index contributed by atoms with van der Waals surface area (Å²) in [7, 11) is 0. The van der Waals surface area contributed by atoms with Gasteiger partial charge < -0.3 is 4.79 Å². The fraction of sp³-hybridized carbons (Fsp3) is 0.667. The van der Waals surface area contributed by atoms with E-state index in [1.165, 1.54) is 6.42 Å². The highest BCUT2D eigenvalue weighted by atomic mass is 16.1. The van der Waals surface area contributed by atoms with Gasteiger partial charge in [-0.25, -0.2) is 0 Å². The lowest BCUT2D eigenvalue weighted by Gasteiger charge is -1.72. The molecule has 0 fully saturated rings. The number of allylic oxidation sites excluding steroid dienone is 1. The third kappa shape index (κ3) is 26.2. The molecule has 0 atom stereocenters. The van der Waals surface area contributed by atoms with E-state index in [2.05, 4.69) is 13.5 Å². The fourth-order valence-electron chi connectivity index (χ4n) is 0.322. The summed E-state index contributed by atoms with van der Waals surface area (Å²) in [6.45, 7) is 7.67. The van der Waals surface area contributed by atoms with Crippen LogP contribution >= 0.6 is 0 Å². The van der Waals surface area contributed by atoms with Gasteiger partial charge in [0.25, 0.3) is 0 Å². The van der Waals surface area contributed by atoms with Crippen LogP contribution in [0.5, 0.6) is 0 Å². The van der Waals surface area contributed by atoms with E-state index in [0.717, 1.165) is 19.1 Å². The van der Waals surface area contributed by atoms with Crippen LogP contribution in [0.25, 0.3) is 0 Å². The van der Waals surface area contributed by atoms with Gasteiger partial charge in [0.1, 0.15) is 6.29 Å². The molecule has 0 saturated heterocycles. The largest absolute Gasteiger partial charge is 0.303 e. The lowest BCUT2D eigenvalue weighted by Crippen LogP contribution is -1.64. The van der Waals surface area contributed by atoms with Gasteiger partial charge in [0.05, 0.1) is 0 Å². The van der Waals surface area contributed by atoms with E-state index in [-0.39, 0.29) is 0 Å². The number of rotatable bonds is 4. The molecule has 0 aliphatic heterocycles. The smallest absolute Gasteiger partial charge is 0.119 e. The van der Waals surface area contributed by atoms with Crippen molar-refractivity contribution >= 4 is 6.29 Å². The van der Waals surface area contributed by atoms with Crippen molar-refractivity contribution in [2.75, 3.05) is 0 Å². The molecule has 0 aromatic rings. The molecule has 0 radical (unpaired) electrons. The second kappa shape index (κ2) is 15.8. The average Bonchev–Trinajstić information content (AvgIpc) is 1.93. The van der Waals surface area contributed by atoms with Gasteiger partial charge in [-0.3, -0.25) is 0 Å². The number of carbonyl (C=O) groups excluding carboxylic acids is 1. The van der Waals surface area contributed by atoms with Crippen molar-refractivity contribution in [2.45, 2.75) is 39.5 Å². The molecule has 0 rings (SSSR count). The predicted octanol–water partition coefficient (Wildman–Crippen LogP) is 2.96. The third-order valence-electron chi connectivity index (χ3n) is 0.899. The number of unbranched alkanes of at least 4 members (excludes halogenated alkanes) is 2. The van der Waals surface area contributed by atoms with Gasteiger partial charge in [0.15, 0.2) is 0 Å². The highest BCUT2D eigenvalue weighted by molar-refractivity contribution is 5.48. The van der Waals surface area contributed by atoms with Crippen molar-refractivity contribution in [1.82, 2.24) is 0 Å². The van der Waals surface area contributed by atoms with Crippen LogP contribution in [0.2, 0.25) is 0 Å². The van der Waals surface area contributed by atoms with Crippen LogP contribution in [0.4, 0.5) is 0 Å². The normalized spacial score (nSPS) is 7.40. The number of hydrogen-bond acceptors (Lipinski definition) is 1. The summed E-state index contributed by atoms with van der Waals surface area (Å²) >= 11 is 0. The first-order valence-corrected chi connectivity index (χ1v) is 3.87. The lowest BCUT2D eigenvalue weighted by atomic mass is 10.3. The SMILES string of the molecule is C=CCCC.CCCC=O. The Hall–Kier alpha value is -0.590. The summed E-state index contributed by atoms with van der Waals surface area (Å²) in [4.78, 5) is 9.40. The summed E-state index contributed by atoms with van der Waals surface area (Å²) in [5, 5.41) is 0. The standard InChI is InChI=1S/C5H10.C4H8O/c1-3-5-4-2;1-2-3-4-5/h3H,1,4-5H2,2H3;4H,2-3H2,1H3. The molecule has 0 unspecified atom stereocenters. The summed E-state index contributed by atoms with van der Waals surface area (Å²) in [5.41, 5.74) is 0. The average molecular weight is 142 g/mol. The minimum Gasteiger partial charge on any atom is -0.303 e. The van der Waals surface area contributed by atoms with E-state index in [1.807, 2.05) is 13.0 Å². The van der Waals surface area contributed by atoms with E-state index < -0.39 is 0 Å². The van der Waals surface area contributed by atoms with Gasteiger partial charge in [0.2, 0.25) is 0 Å². The van der Waals surface area contributed by atoms with Crippen molar-refractivity contribution in [2.24, 2.45) is 0 Å². The fourth-order valence-corrected chi connectivity index (χ4v) is 0.322. The second-order valence-corrected chi connectivity index (χ2v) is 2.03. The van der Waals surface area contributed by atoms with E-state index in [0.29, 0.717) is 6.42 Å². The Balaban J connectivity index is 0. The van der Waals surface area contributed by atoms with E-state index in [9.17, 15) is 4.79 Å². The minimum atomic E-state index is 0.708. The Morgan fingerprint density at radius 2 is 1.70 bits per heavy atom. The molecular weight excluding hydrogens is 124 g/mol. The zero-order valence-electron chi connectivity index (χ0n) is 7.10. The summed E-state index contributed by atoms with van der Waals surface area (Å²) in [6, 6.07) is 0. The summed E-state index contributed by atoms with van der Waals surface area (Å²) < 4.78 is 0. The van der Waals surface area contributed by atoms with Crippen LogP contribution in [0.1, 0.15) is 39.5 Å². The zero-order chi connectivity index (χ0) is 8.24. The van der Waals surface area contributed by atoms with E-state index in [4.69, 9.17) is 0 Å². The molecular formula is C9H18O. The second-order valence-electron chi connectivity index (χ2n) is 2.03. The predicted molar refractivity (Wildman–Crippen MR) is 46.1 cm³/mol. The van der Waals surface area contributed by atoms with Crippen molar-refractivity contribution < 1.29 is 4.79 Å². The van der Waals surface area contributed by atoms with Gasteiger partial charge in [-0.15, -0.1) is 6.58 Å². The number of aldehydes is 1. The Morgan fingerprint density at radius 1 is 1.20 bits per heavy atom. The van der Waals surface area contributed by atoms with Gasteiger partial charge in [-0.1, -0.05) is 26.3 Å². The lowest BCUT2D eigenvalue weighted by molar-refractivity contribution is -0.107. The third-order valence-corrected chi connectivity index (χ3v) is 0.899. The van der Waals surface area contributed by atoms with E-state index >= 15 is 0 Å². The van der Waals surface area contributed by atoms with Crippen molar-refractivity contribution in [1.29, 1.82) is 0 Å². The maximum absolute atomic E-state index is 9.40. The molecule has 10 heavy (non-hydrogen) atoms. The van der Waals surface area contributed by atoms with Crippen LogP contribution in [0.3, 0.4) is 0 Å². The first kappa shape index (κ1) is 12.1. The first-order chi connectivity index (χ1) is 4.83. The molecule has 1 nitrogen and oxygen atoms in total. The van der Waals surface area contributed by atoms with Crippen molar-refractivity contribution in [3.8, 4) is 0 Å². The first-order valence-electron chi connectivity index (χ1n) is 3.87. The molecule has 0 aliphatic rings. The number of hydrogen-bond donors (Lipinski definition) is 0. The van der Waals surface area contributed by atoms with Crippen LogP contribution in [-0.4, -0.2) is 6.29 Å². The maximum Gasteiger partial charge on any atom is 0.119 e. The number of carbonyl (C=O) groups is 1. The van der Waals surface area contributed by atoms with Crippen molar-refractivity contribution in [3.63, 3.8) is 0 Å². The van der Waals surface area contributed by atoms with Crippen LogP contribution in [-0.2, 0) is 4.79 Å². The van der Waals surface area contributed by atoms with Gasteiger partial charge in [-0.05, 0) is 12.8 Å². The molecule has 0 saturated carbocycles. The van der Waals surface area contributed by atoms with Crippen LogP contribution in [0, 0.1) is 0 Å². The van der Waals surface area contributed by atoms with Gasteiger partial charge in [-0.2, -0.15) is 0 Å². The Morgan fingerprint density at radius 3 is 1.70 bits per heavy atom. The molecule has 0 bridgehead atoms. The van der Waals surface area contributed by atoms with E-state index in [1.54, 1.807) is 0 Å². The molecule has 0 aromatic heterocycles. The Labute approximate surface area is 64.1 Å². The molecule has 60 valence electrons. The van der Waals surface area contributed by atoms with Crippen LogP contribution < -0.4 is 0 Å². The molecule has 0 aliphatic carbocycles. The van der Waals surface area contributed by atoms with Crippen LogP contribution in [0.15, 0.2) is 12.7 Å². The molecule has 0 spiro atoms. The molecule has 1 heteroatoms. The highest BCUT2D eigenvalue weighted by Crippen LogP contribution is 1.82. The summed E-state index contributed by atoms with van der Waals surface area (Å²) in [6.07, 6.45) is 6.92. The summed E-state index contributed by atoms with van der Waals surface area (Å²) in [5.74, 6) is 0. The zero-order valence-corrected chi connectivity index (χ0v) is 7.10. The minimum absolute atomic E-state index is 0.708. The quantitative estimate of drug-likeness (QED) is 0.435. The molecule has 0 heterocycles. The maximum atomic E-state index is 9.40. The topological polar surface area (TPSA) is 17.1 Å². The van der Waals surface area contributed by atoms with Gasteiger partial charge in [0, 0.05) is 6.42 Å². The van der Waals surface area contributed by atoms with Gasteiger partial charge >= 0.3 is 0 Å². The monoisotopic (exact) mass is 142 g/mol. The highest BCUT2D eigenvalue weighted by Gasteiger charge is 1.66. The molecule has 0 aromatic carbocycles. The Bertz CT molecular complexity index is 57.1.